The highest BCUT2D eigenvalue weighted by molar-refractivity contribution is 5.89. The van der Waals surface area contributed by atoms with Crippen molar-refractivity contribution >= 4 is 17.5 Å². The molecular weight excluding hydrogens is 288 g/mol. The summed E-state index contributed by atoms with van der Waals surface area (Å²) in [6, 6.07) is 7.88. The number of hydrogen-bond acceptors (Lipinski definition) is 4. The van der Waals surface area contributed by atoms with E-state index in [1.54, 1.807) is 12.1 Å². The van der Waals surface area contributed by atoms with E-state index in [1.165, 1.54) is 30.0 Å². The Morgan fingerprint density at radius 1 is 1.17 bits per heavy atom. The molecule has 1 aromatic heterocycles. The first-order valence-electron chi connectivity index (χ1n) is 7.65. The van der Waals surface area contributed by atoms with Gasteiger partial charge in [0.1, 0.15) is 5.82 Å². The fraction of sp³-hybridized carbons (Fsp3) is 0.368. The monoisotopic (exact) mass is 312 g/mol. The van der Waals surface area contributed by atoms with Crippen LogP contribution >= 0.6 is 0 Å². The van der Waals surface area contributed by atoms with Crippen molar-refractivity contribution in [3.8, 4) is 0 Å². The van der Waals surface area contributed by atoms with E-state index in [2.05, 4.69) is 61.8 Å². The molecule has 1 N–H and O–H groups in total. The lowest BCUT2D eigenvalue weighted by Gasteiger charge is -2.22. The highest BCUT2D eigenvalue weighted by atomic mass is 16.5. The van der Waals surface area contributed by atoms with Gasteiger partial charge in [-0.3, -0.25) is 0 Å². The Bertz CT molecular complexity index is 713. The summed E-state index contributed by atoms with van der Waals surface area (Å²) in [5, 5.41) is 3.35. The van der Waals surface area contributed by atoms with Crippen LogP contribution in [-0.4, -0.2) is 18.1 Å². The van der Waals surface area contributed by atoms with Gasteiger partial charge in [-0.05, 0) is 54.2 Å². The van der Waals surface area contributed by atoms with E-state index in [0.717, 1.165) is 5.69 Å². The Hall–Kier alpha value is -2.36. The molecule has 2 rings (SSSR count). The van der Waals surface area contributed by atoms with Gasteiger partial charge in [0.2, 0.25) is 0 Å². The Labute approximate surface area is 137 Å². The number of anilines is 2. The number of aromatic nitrogens is 1. The van der Waals surface area contributed by atoms with E-state index in [1.807, 2.05) is 0 Å². The van der Waals surface area contributed by atoms with Crippen molar-refractivity contribution in [3.05, 3.63) is 52.7 Å². The number of hydrogen-bond donors (Lipinski definition) is 1. The molecule has 0 saturated heterocycles. The molecule has 2 aromatic rings. The summed E-state index contributed by atoms with van der Waals surface area (Å²) in [6.07, 6.45) is 1.52. The maximum atomic E-state index is 11.5. The molecule has 4 heteroatoms. The van der Waals surface area contributed by atoms with Crippen molar-refractivity contribution in [2.75, 3.05) is 12.4 Å². The molecule has 0 aliphatic carbocycles. The summed E-state index contributed by atoms with van der Waals surface area (Å²) < 4.78 is 4.68. The zero-order chi connectivity index (χ0) is 17.2. The van der Waals surface area contributed by atoms with Gasteiger partial charge >= 0.3 is 5.97 Å². The predicted octanol–water partition coefficient (Wildman–Crippen LogP) is 4.53. The zero-order valence-corrected chi connectivity index (χ0v) is 14.7. The van der Waals surface area contributed by atoms with E-state index < -0.39 is 0 Å². The number of carbonyl (C=O) groups is 1. The van der Waals surface area contributed by atoms with Crippen LogP contribution in [0.1, 0.15) is 47.8 Å². The van der Waals surface area contributed by atoms with Gasteiger partial charge in [0.05, 0.1) is 12.7 Å². The fourth-order valence-electron chi connectivity index (χ4n) is 2.27. The average Bonchev–Trinajstić information content (AvgIpc) is 2.50. The molecule has 0 unspecified atom stereocenters. The summed E-state index contributed by atoms with van der Waals surface area (Å²) in [6.45, 7) is 10.8. The van der Waals surface area contributed by atoms with Crippen molar-refractivity contribution in [1.82, 2.24) is 4.98 Å². The van der Waals surface area contributed by atoms with Gasteiger partial charge in [-0.25, -0.2) is 9.78 Å². The molecular formula is C19H24N2O2. The molecule has 0 atom stereocenters. The number of ether oxygens (including phenoxy) is 1. The van der Waals surface area contributed by atoms with E-state index in [4.69, 9.17) is 0 Å². The summed E-state index contributed by atoms with van der Waals surface area (Å²) in [5.74, 6) is 0.317. The minimum absolute atomic E-state index is 0.0804. The van der Waals surface area contributed by atoms with Crippen molar-refractivity contribution < 1.29 is 9.53 Å². The maximum Gasteiger partial charge on any atom is 0.339 e. The first-order chi connectivity index (χ1) is 10.7. The third-order valence-corrected chi connectivity index (χ3v) is 3.98. The van der Waals surface area contributed by atoms with E-state index in [9.17, 15) is 4.79 Å². The molecule has 0 fully saturated rings. The number of carbonyl (C=O) groups excluding carboxylic acids is 1. The van der Waals surface area contributed by atoms with Gasteiger partial charge in [-0.15, -0.1) is 0 Å². The van der Waals surface area contributed by atoms with Gasteiger partial charge in [-0.2, -0.15) is 0 Å². The van der Waals surface area contributed by atoms with Crippen LogP contribution < -0.4 is 5.32 Å². The van der Waals surface area contributed by atoms with Gasteiger partial charge in [0, 0.05) is 11.9 Å². The number of esters is 1. The molecule has 23 heavy (non-hydrogen) atoms. The molecule has 0 bridgehead atoms. The lowest BCUT2D eigenvalue weighted by molar-refractivity contribution is 0.0600. The summed E-state index contributed by atoms with van der Waals surface area (Å²) in [7, 11) is 1.36. The van der Waals surface area contributed by atoms with Gasteiger partial charge < -0.3 is 10.1 Å². The second-order valence-electron chi connectivity index (χ2n) is 6.76. The van der Waals surface area contributed by atoms with Crippen LogP contribution in [0, 0.1) is 13.8 Å². The third-order valence-electron chi connectivity index (χ3n) is 3.98. The van der Waals surface area contributed by atoms with Crippen LogP contribution in [0.25, 0.3) is 0 Å². The second-order valence-corrected chi connectivity index (χ2v) is 6.76. The Morgan fingerprint density at radius 3 is 2.39 bits per heavy atom. The lowest BCUT2D eigenvalue weighted by Crippen LogP contribution is -2.12. The summed E-state index contributed by atoms with van der Waals surface area (Å²) in [4.78, 5) is 15.7. The topological polar surface area (TPSA) is 51.2 Å². The largest absolute Gasteiger partial charge is 0.465 e. The van der Waals surface area contributed by atoms with Crippen LogP contribution in [0.15, 0.2) is 30.5 Å². The molecule has 0 aliphatic rings. The number of nitrogens with zero attached hydrogens (tertiary/aromatic N) is 1. The first-order valence-corrected chi connectivity index (χ1v) is 7.65. The maximum absolute atomic E-state index is 11.5. The molecule has 122 valence electrons. The molecule has 0 amide bonds. The van der Waals surface area contributed by atoms with Crippen molar-refractivity contribution in [1.29, 1.82) is 0 Å². The SMILES string of the molecule is COC(=O)c1ccc(Nc2cc(C(C)(C)C)cc(C)c2C)nc1. The van der Waals surface area contributed by atoms with E-state index >= 15 is 0 Å². The number of nitrogens with one attached hydrogen (secondary N) is 1. The van der Waals surface area contributed by atoms with Gasteiger partial charge in [-0.1, -0.05) is 26.8 Å². The summed E-state index contributed by atoms with van der Waals surface area (Å²) in [5.41, 5.74) is 5.26. The first kappa shape index (κ1) is 17.0. The molecule has 1 aromatic carbocycles. The van der Waals surface area contributed by atoms with Crippen LogP contribution in [0.4, 0.5) is 11.5 Å². The Kier molecular flexibility index (Phi) is 4.73. The van der Waals surface area contributed by atoms with Gasteiger partial charge in [0.25, 0.3) is 0 Å². The molecule has 0 spiro atoms. The molecule has 0 saturated carbocycles. The van der Waals surface area contributed by atoms with Crippen LogP contribution in [0.2, 0.25) is 0 Å². The van der Waals surface area contributed by atoms with E-state index in [0.29, 0.717) is 11.4 Å². The molecule has 0 aliphatic heterocycles. The Balaban J connectivity index is 2.32. The minimum atomic E-state index is -0.384. The van der Waals surface area contributed by atoms with Crippen LogP contribution in [0.3, 0.4) is 0 Å². The highest BCUT2D eigenvalue weighted by Crippen LogP contribution is 2.30. The normalized spacial score (nSPS) is 11.2. The summed E-state index contributed by atoms with van der Waals surface area (Å²) >= 11 is 0. The number of methoxy groups -OCH3 is 1. The quantitative estimate of drug-likeness (QED) is 0.846. The predicted molar refractivity (Wildman–Crippen MR) is 93.5 cm³/mol. The number of pyridine rings is 1. The average molecular weight is 312 g/mol. The Morgan fingerprint density at radius 2 is 1.87 bits per heavy atom. The molecule has 1 heterocycles. The van der Waals surface area contributed by atoms with Gasteiger partial charge in [0.15, 0.2) is 0 Å². The zero-order valence-electron chi connectivity index (χ0n) is 14.7. The number of rotatable bonds is 3. The number of benzene rings is 1. The lowest BCUT2D eigenvalue weighted by atomic mass is 9.85. The van der Waals surface area contributed by atoms with Crippen molar-refractivity contribution in [2.45, 2.75) is 40.0 Å². The van der Waals surface area contributed by atoms with Crippen molar-refractivity contribution in [2.24, 2.45) is 0 Å². The van der Waals surface area contributed by atoms with Crippen molar-refractivity contribution in [3.63, 3.8) is 0 Å². The number of aryl methyl sites for hydroxylation is 1. The van der Waals surface area contributed by atoms with E-state index in [-0.39, 0.29) is 11.4 Å². The molecule has 0 radical (unpaired) electrons. The second kappa shape index (κ2) is 6.41. The van der Waals surface area contributed by atoms with Crippen LogP contribution in [-0.2, 0) is 10.2 Å². The standard InChI is InChI=1S/C19H24N2O2/c1-12-9-15(19(3,4)5)10-16(13(12)2)21-17-8-7-14(11-20-17)18(22)23-6/h7-11H,1-6H3,(H,20,21). The minimum Gasteiger partial charge on any atom is -0.465 e. The highest BCUT2D eigenvalue weighted by Gasteiger charge is 2.16. The smallest absolute Gasteiger partial charge is 0.339 e. The van der Waals surface area contributed by atoms with Crippen LogP contribution in [0.5, 0.6) is 0 Å². The third kappa shape index (κ3) is 3.89. The fourth-order valence-corrected chi connectivity index (χ4v) is 2.27. The molecule has 4 nitrogen and oxygen atoms in total.